The van der Waals surface area contributed by atoms with Crippen molar-refractivity contribution < 1.29 is 23.7 Å². The molecule has 0 aromatic heterocycles. The van der Waals surface area contributed by atoms with Gasteiger partial charge in [-0.15, -0.1) is 0 Å². The standard InChI is InChI=1S/C17H24N2O5/c1-4-12(3)18-17(22-9-8-21-5-2)19-16(20)13-6-7-14-15(10-13)24-11-23-14/h6-7,10,12H,4-5,8-9,11H2,1-3H3,(H,18,19,20)/t12-/m0/s1. The number of amidine groups is 1. The third-order valence-electron chi connectivity index (χ3n) is 3.45. The number of fused-ring (bicyclic) bond motifs is 1. The van der Waals surface area contributed by atoms with Crippen molar-refractivity contribution >= 4 is 11.9 Å². The smallest absolute Gasteiger partial charge is 0.292 e. The number of carbonyl (C=O) groups is 1. The second-order valence-electron chi connectivity index (χ2n) is 5.26. The SMILES string of the molecule is CCOCCOC(=N[C@@H](C)CC)NC(=O)c1ccc2c(c1)OCO2. The molecule has 1 aliphatic rings. The van der Waals surface area contributed by atoms with Gasteiger partial charge < -0.3 is 18.9 Å². The van der Waals surface area contributed by atoms with E-state index in [4.69, 9.17) is 18.9 Å². The number of hydrogen-bond acceptors (Lipinski definition) is 6. The molecule has 132 valence electrons. The summed E-state index contributed by atoms with van der Waals surface area (Å²) in [5.41, 5.74) is 0.449. The van der Waals surface area contributed by atoms with Crippen LogP contribution in [0.3, 0.4) is 0 Å². The predicted octanol–water partition coefficient (Wildman–Crippen LogP) is 2.35. The molecule has 0 saturated carbocycles. The number of rotatable bonds is 7. The first-order chi connectivity index (χ1) is 11.6. The molecule has 0 spiro atoms. The highest BCUT2D eigenvalue weighted by Crippen LogP contribution is 2.32. The van der Waals surface area contributed by atoms with Gasteiger partial charge in [0.15, 0.2) is 11.5 Å². The summed E-state index contributed by atoms with van der Waals surface area (Å²) < 4.78 is 21.3. The van der Waals surface area contributed by atoms with Crippen molar-refractivity contribution in [3.63, 3.8) is 0 Å². The van der Waals surface area contributed by atoms with Crippen molar-refractivity contribution in [1.82, 2.24) is 5.32 Å². The van der Waals surface area contributed by atoms with Crippen molar-refractivity contribution in [2.24, 2.45) is 4.99 Å². The van der Waals surface area contributed by atoms with Gasteiger partial charge in [-0.1, -0.05) is 6.92 Å². The minimum atomic E-state index is -0.313. The van der Waals surface area contributed by atoms with Gasteiger partial charge in [-0.25, -0.2) is 4.99 Å². The molecule has 0 bridgehead atoms. The van der Waals surface area contributed by atoms with Gasteiger partial charge in [0.2, 0.25) is 6.79 Å². The molecule has 2 rings (SSSR count). The average Bonchev–Trinajstić information content (AvgIpc) is 3.05. The monoisotopic (exact) mass is 336 g/mol. The number of nitrogens with one attached hydrogen (secondary N) is 1. The van der Waals surface area contributed by atoms with E-state index >= 15 is 0 Å². The van der Waals surface area contributed by atoms with E-state index in [1.807, 2.05) is 20.8 Å². The molecule has 7 heteroatoms. The van der Waals surface area contributed by atoms with Crippen molar-refractivity contribution in [3.8, 4) is 11.5 Å². The van der Waals surface area contributed by atoms with Crippen LogP contribution < -0.4 is 14.8 Å². The number of hydrogen-bond donors (Lipinski definition) is 1. The summed E-state index contributed by atoms with van der Waals surface area (Å²) in [6.45, 7) is 7.44. The van der Waals surface area contributed by atoms with Gasteiger partial charge in [-0.3, -0.25) is 10.1 Å². The summed E-state index contributed by atoms with van der Waals surface area (Å²) in [5, 5.41) is 2.70. The highest BCUT2D eigenvalue weighted by atomic mass is 16.7. The van der Waals surface area contributed by atoms with Crippen LogP contribution in [0.2, 0.25) is 0 Å². The normalized spacial score (nSPS) is 14.4. The van der Waals surface area contributed by atoms with E-state index in [1.54, 1.807) is 18.2 Å². The summed E-state index contributed by atoms with van der Waals surface area (Å²) in [6.07, 6.45) is 0.845. The van der Waals surface area contributed by atoms with E-state index in [2.05, 4.69) is 10.3 Å². The van der Waals surface area contributed by atoms with Gasteiger partial charge in [0.1, 0.15) is 6.61 Å². The number of amides is 1. The van der Waals surface area contributed by atoms with Crippen LogP contribution in [0.5, 0.6) is 11.5 Å². The molecule has 0 saturated heterocycles. The largest absolute Gasteiger partial charge is 0.463 e. The Morgan fingerprint density at radius 1 is 1.29 bits per heavy atom. The first-order valence-electron chi connectivity index (χ1n) is 8.13. The van der Waals surface area contributed by atoms with Gasteiger partial charge in [0.05, 0.1) is 12.6 Å². The molecule has 1 aromatic carbocycles. The molecule has 0 radical (unpaired) electrons. The molecule has 1 atom stereocenters. The summed E-state index contributed by atoms with van der Waals surface area (Å²) in [5.74, 6) is 0.875. The van der Waals surface area contributed by atoms with Crippen LogP contribution in [0.1, 0.15) is 37.6 Å². The first-order valence-corrected chi connectivity index (χ1v) is 8.13. The Hall–Kier alpha value is -2.28. The van der Waals surface area contributed by atoms with E-state index in [0.29, 0.717) is 36.9 Å². The van der Waals surface area contributed by atoms with Gasteiger partial charge in [-0.2, -0.15) is 0 Å². The third-order valence-corrected chi connectivity index (χ3v) is 3.45. The van der Waals surface area contributed by atoms with E-state index in [0.717, 1.165) is 6.42 Å². The molecule has 0 unspecified atom stereocenters. The second kappa shape index (κ2) is 9.12. The lowest BCUT2D eigenvalue weighted by Gasteiger charge is -2.13. The minimum Gasteiger partial charge on any atom is -0.463 e. The Morgan fingerprint density at radius 2 is 2.08 bits per heavy atom. The molecule has 1 aromatic rings. The lowest BCUT2D eigenvalue weighted by atomic mass is 10.2. The second-order valence-corrected chi connectivity index (χ2v) is 5.26. The minimum absolute atomic E-state index is 0.0455. The topological polar surface area (TPSA) is 78.4 Å². The Bertz CT molecular complexity index is 588. The molecule has 24 heavy (non-hydrogen) atoms. The predicted molar refractivity (Wildman–Crippen MR) is 89.7 cm³/mol. The summed E-state index contributed by atoms with van der Waals surface area (Å²) >= 11 is 0. The molecule has 1 N–H and O–H groups in total. The zero-order valence-corrected chi connectivity index (χ0v) is 14.3. The number of aliphatic imine (C=N–C) groups is 1. The fraction of sp³-hybridized carbons (Fsp3) is 0.529. The van der Waals surface area contributed by atoms with Gasteiger partial charge in [-0.05, 0) is 38.5 Å². The molecule has 0 aliphatic carbocycles. The summed E-state index contributed by atoms with van der Waals surface area (Å²) in [4.78, 5) is 16.8. The zero-order valence-electron chi connectivity index (χ0n) is 14.3. The van der Waals surface area contributed by atoms with E-state index in [-0.39, 0.29) is 24.8 Å². The Morgan fingerprint density at radius 3 is 2.83 bits per heavy atom. The van der Waals surface area contributed by atoms with Gasteiger partial charge in [0, 0.05) is 12.2 Å². The maximum absolute atomic E-state index is 12.4. The van der Waals surface area contributed by atoms with Crippen molar-refractivity contribution in [1.29, 1.82) is 0 Å². The quantitative estimate of drug-likeness (QED) is 0.470. The van der Waals surface area contributed by atoms with Crippen LogP contribution in [0.15, 0.2) is 23.2 Å². The molecular weight excluding hydrogens is 312 g/mol. The first kappa shape index (κ1) is 18.1. The maximum atomic E-state index is 12.4. The Kier molecular flexibility index (Phi) is 6.87. The molecule has 1 aliphatic heterocycles. The van der Waals surface area contributed by atoms with Gasteiger partial charge >= 0.3 is 0 Å². The van der Waals surface area contributed by atoms with E-state index < -0.39 is 0 Å². The lowest BCUT2D eigenvalue weighted by Crippen LogP contribution is -2.34. The Balaban J connectivity index is 2.01. The van der Waals surface area contributed by atoms with Crippen molar-refractivity contribution in [2.75, 3.05) is 26.6 Å². The summed E-state index contributed by atoms with van der Waals surface area (Å²) in [7, 11) is 0. The third kappa shape index (κ3) is 5.13. The molecular formula is C17H24N2O5. The molecule has 1 heterocycles. The maximum Gasteiger partial charge on any atom is 0.292 e. The Labute approximate surface area is 142 Å². The fourth-order valence-electron chi connectivity index (χ4n) is 1.95. The van der Waals surface area contributed by atoms with Crippen LogP contribution >= 0.6 is 0 Å². The molecule has 1 amide bonds. The van der Waals surface area contributed by atoms with Crippen LogP contribution in [0.4, 0.5) is 0 Å². The number of ether oxygens (including phenoxy) is 4. The van der Waals surface area contributed by atoms with Crippen LogP contribution in [-0.2, 0) is 9.47 Å². The number of nitrogens with zero attached hydrogens (tertiary/aromatic N) is 1. The molecule has 7 nitrogen and oxygen atoms in total. The van der Waals surface area contributed by atoms with Gasteiger partial charge in [0.25, 0.3) is 11.9 Å². The van der Waals surface area contributed by atoms with E-state index in [1.165, 1.54) is 0 Å². The van der Waals surface area contributed by atoms with Crippen LogP contribution in [-0.4, -0.2) is 44.6 Å². The highest BCUT2D eigenvalue weighted by Gasteiger charge is 2.17. The fourth-order valence-corrected chi connectivity index (χ4v) is 1.95. The summed E-state index contributed by atoms with van der Waals surface area (Å²) in [6, 6.07) is 5.26. The van der Waals surface area contributed by atoms with E-state index in [9.17, 15) is 4.79 Å². The van der Waals surface area contributed by atoms with Crippen LogP contribution in [0.25, 0.3) is 0 Å². The van der Waals surface area contributed by atoms with Crippen molar-refractivity contribution in [3.05, 3.63) is 23.8 Å². The lowest BCUT2D eigenvalue weighted by molar-refractivity contribution is 0.0921. The van der Waals surface area contributed by atoms with Crippen LogP contribution in [0, 0.1) is 0 Å². The highest BCUT2D eigenvalue weighted by molar-refractivity contribution is 6.04. The van der Waals surface area contributed by atoms with Crippen molar-refractivity contribution in [2.45, 2.75) is 33.2 Å². The average molecular weight is 336 g/mol. The number of carbonyl (C=O) groups excluding carboxylic acids is 1. The molecule has 0 fully saturated rings. The number of benzene rings is 1. The zero-order chi connectivity index (χ0) is 17.4.